The van der Waals surface area contributed by atoms with Gasteiger partial charge in [0.2, 0.25) is 6.79 Å². The minimum Gasteiger partial charge on any atom is -0.484 e. The quantitative estimate of drug-likeness (QED) is 0.510. The molecule has 2 amide bonds. The Hall–Kier alpha value is -3.98. The lowest BCUT2D eigenvalue weighted by Gasteiger charge is -2.38. The van der Waals surface area contributed by atoms with E-state index < -0.39 is 0 Å². The lowest BCUT2D eigenvalue weighted by molar-refractivity contribution is -0.123. The molecule has 1 fully saturated rings. The molecule has 35 heavy (non-hydrogen) atoms. The topological polar surface area (TPSA) is 108 Å². The third kappa shape index (κ3) is 5.25. The molecule has 3 aromatic rings. The Bertz CT molecular complexity index is 1190. The van der Waals surface area contributed by atoms with Crippen LogP contribution in [0, 0.1) is 0 Å². The number of carbonyl (C=O) groups excluding carboxylic acids is 2. The second-order valence-electron chi connectivity index (χ2n) is 8.49. The van der Waals surface area contributed by atoms with Gasteiger partial charge in [-0.25, -0.2) is 0 Å². The number of rotatable bonds is 8. The molecule has 0 aliphatic carbocycles. The normalized spacial score (nSPS) is 15.9. The second-order valence-corrected chi connectivity index (χ2v) is 8.49. The van der Waals surface area contributed by atoms with Crippen LogP contribution in [0.2, 0.25) is 0 Å². The highest BCUT2D eigenvalue weighted by molar-refractivity contribution is 6.02. The number of hydrogen-bond acceptors (Lipinski definition) is 7. The van der Waals surface area contributed by atoms with Crippen LogP contribution in [0.25, 0.3) is 0 Å². The Kier molecular flexibility index (Phi) is 6.58. The third-order valence-corrected chi connectivity index (χ3v) is 6.27. The first-order valence-electron chi connectivity index (χ1n) is 11.4. The maximum absolute atomic E-state index is 12.6. The molecule has 2 N–H and O–H groups in total. The number of fused-ring (bicyclic) bond motifs is 1. The lowest BCUT2D eigenvalue weighted by Crippen LogP contribution is -2.45. The molecule has 1 saturated heterocycles. The van der Waals surface area contributed by atoms with E-state index in [9.17, 15) is 9.59 Å². The summed E-state index contributed by atoms with van der Waals surface area (Å²) in [4.78, 5) is 24.8. The number of furan rings is 1. The molecule has 3 heterocycles. The van der Waals surface area contributed by atoms with Gasteiger partial charge in [0.15, 0.2) is 23.9 Å². The van der Waals surface area contributed by atoms with Crippen LogP contribution in [-0.2, 0) is 14.9 Å². The second kappa shape index (κ2) is 10.1. The maximum Gasteiger partial charge on any atom is 0.291 e. The smallest absolute Gasteiger partial charge is 0.291 e. The van der Waals surface area contributed by atoms with Crippen molar-refractivity contribution in [3.8, 4) is 17.2 Å². The molecule has 182 valence electrons. The molecule has 0 atom stereocenters. The fourth-order valence-corrected chi connectivity index (χ4v) is 4.29. The van der Waals surface area contributed by atoms with E-state index in [1.54, 1.807) is 36.4 Å². The molecular formula is C26H26N2O7. The Morgan fingerprint density at radius 3 is 2.66 bits per heavy atom. The third-order valence-electron chi connectivity index (χ3n) is 6.27. The summed E-state index contributed by atoms with van der Waals surface area (Å²) in [5.74, 6) is 1.53. The minimum absolute atomic E-state index is 0.150. The summed E-state index contributed by atoms with van der Waals surface area (Å²) in [6.45, 7) is 1.77. The van der Waals surface area contributed by atoms with Crippen LogP contribution in [0.5, 0.6) is 17.2 Å². The van der Waals surface area contributed by atoms with Crippen molar-refractivity contribution in [3.05, 3.63) is 72.2 Å². The fourth-order valence-electron chi connectivity index (χ4n) is 4.29. The SMILES string of the molecule is O=C(COc1cccc(NC(=O)c2ccco2)c1)NCC1(c2ccc3c(c2)OCO3)CCOCC1. The summed E-state index contributed by atoms with van der Waals surface area (Å²) in [6.07, 6.45) is 3.00. The Morgan fingerprint density at radius 2 is 1.83 bits per heavy atom. The van der Waals surface area contributed by atoms with Crippen molar-refractivity contribution < 1.29 is 33.0 Å². The van der Waals surface area contributed by atoms with E-state index in [2.05, 4.69) is 10.6 Å². The molecule has 0 spiro atoms. The number of ether oxygens (including phenoxy) is 4. The van der Waals surface area contributed by atoms with Gasteiger partial charge in [-0.1, -0.05) is 12.1 Å². The highest BCUT2D eigenvalue weighted by atomic mass is 16.7. The van der Waals surface area contributed by atoms with Crippen LogP contribution in [0.4, 0.5) is 5.69 Å². The van der Waals surface area contributed by atoms with Crippen molar-refractivity contribution in [1.82, 2.24) is 5.32 Å². The van der Waals surface area contributed by atoms with E-state index in [-0.39, 0.29) is 36.4 Å². The highest BCUT2D eigenvalue weighted by Crippen LogP contribution is 2.40. The number of hydrogen-bond donors (Lipinski definition) is 2. The molecule has 2 aromatic carbocycles. The first kappa shape index (κ1) is 22.8. The van der Waals surface area contributed by atoms with Crippen molar-refractivity contribution >= 4 is 17.5 Å². The van der Waals surface area contributed by atoms with Crippen LogP contribution >= 0.6 is 0 Å². The molecule has 1 aromatic heterocycles. The molecule has 2 aliphatic heterocycles. The van der Waals surface area contributed by atoms with E-state index >= 15 is 0 Å². The largest absolute Gasteiger partial charge is 0.484 e. The van der Waals surface area contributed by atoms with Gasteiger partial charge in [0.1, 0.15) is 5.75 Å². The highest BCUT2D eigenvalue weighted by Gasteiger charge is 2.36. The van der Waals surface area contributed by atoms with Crippen LogP contribution in [-0.4, -0.2) is 45.0 Å². The Morgan fingerprint density at radius 1 is 0.971 bits per heavy atom. The monoisotopic (exact) mass is 478 g/mol. The summed E-state index contributed by atoms with van der Waals surface area (Å²) >= 11 is 0. The number of anilines is 1. The zero-order chi connectivity index (χ0) is 24.1. The Balaban J connectivity index is 1.18. The van der Waals surface area contributed by atoms with E-state index in [4.69, 9.17) is 23.4 Å². The molecule has 9 nitrogen and oxygen atoms in total. The van der Waals surface area contributed by atoms with Crippen molar-refractivity contribution in [3.63, 3.8) is 0 Å². The summed E-state index contributed by atoms with van der Waals surface area (Å²) < 4.78 is 27.3. The zero-order valence-electron chi connectivity index (χ0n) is 19.1. The van der Waals surface area contributed by atoms with Gasteiger partial charge in [-0.15, -0.1) is 0 Å². The Labute approximate surface area is 202 Å². The molecule has 0 bridgehead atoms. The molecule has 0 radical (unpaired) electrons. The average molecular weight is 479 g/mol. The number of amides is 2. The van der Waals surface area contributed by atoms with Gasteiger partial charge in [0.25, 0.3) is 11.8 Å². The molecule has 2 aliphatic rings. The van der Waals surface area contributed by atoms with E-state index in [1.165, 1.54) is 6.26 Å². The van der Waals surface area contributed by atoms with Gasteiger partial charge in [0, 0.05) is 36.9 Å². The van der Waals surface area contributed by atoms with Crippen LogP contribution in [0.15, 0.2) is 65.3 Å². The van der Waals surface area contributed by atoms with E-state index in [1.807, 2.05) is 18.2 Å². The van der Waals surface area contributed by atoms with Crippen molar-refractivity contribution in [2.75, 3.05) is 38.5 Å². The molecule has 9 heteroatoms. The first-order valence-corrected chi connectivity index (χ1v) is 11.4. The summed E-state index contributed by atoms with van der Waals surface area (Å²) in [5.41, 5.74) is 1.37. The van der Waals surface area contributed by atoms with Gasteiger partial charge in [-0.05, 0) is 54.8 Å². The zero-order valence-corrected chi connectivity index (χ0v) is 19.1. The van der Waals surface area contributed by atoms with E-state index in [0.717, 1.165) is 29.9 Å². The van der Waals surface area contributed by atoms with Crippen LogP contribution < -0.4 is 24.8 Å². The minimum atomic E-state index is -0.366. The standard InChI is InChI=1S/C26H26N2O7/c29-24(15-33-20-4-1-3-19(14-20)28-25(30)22-5-2-10-32-22)27-16-26(8-11-31-12-9-26)18-6-7-21-23(13-18)35-17-34-21/h1-7,10,13-14H,8-9,11-12,15-17H2,(H,27,29)(H,28,30). The van der Waals surface area contributed by atoms with Gasteiger partial charge in [-0.3, -0.25) is 9.59 Å². The maximum atomic E-state index is 12.6. The van der Waals surface area contributed by atoms with Crippen molar-refractivity contribution in [1.29, 1.82) is 0 Å². The van der Waals surface area contributed by atoms with Gasteiger partial charge in [-0.2, -0.15) is 0 Å². The van der Waals surface area contributed by atoms with Gasteiger partial charge < -0.3 is 34.0 Å². The fraction of sp³-hybridized carbons (Fsp3) is 0.308. The number of benzene rings is 2. The van der Waals surface area contributed by atoms with E-state index in [0.29, 0.717) is 31.2 Å². The predicted octanol–water partition coefficient (Wildman–Crippen LogP) is 3.50. The molecule has 0 saturated carbocycles. The van der Waals surface area contributed by atoms with Gasteiger partial charge in [0.05, 0.1) is 6.26 Å². The number of nitrogens with one attached hydrogen (secondary N) is 2. The van der Waals surface area contributed by atoms with Gasteiger partial charge >= 0.3 is 0 Å². The predicted molar refractivity (Wildman–Crippen MR) is 126 cm³/mol. The van der Waals surface area contributed by atoms with Crippen LogP contribution in [0.3, 0.4) is 0 Å². The summed E-state index contributed by atoms with van der Waals surface area (Å²) in [6, 6.07) is 16.0. The van der Waals surface area contributed by atoms with Crippen LogP contribution in [0.1, 0.15) is 29.0 Å². The molecule has 5 rings (SSSR count). The summed E-state index contributed by atoms with van der Waals surface area (Å²) in [7, 11) is 0. The first-order chi connectivity index (χ1) is 17.1. The molecular weight excluding hydrogens is 452 g/mol. The number of carbonyl (C=O) groups is 2. The van der Waals surface area contributed by atoms with Crippen molar-refractivity contribution in [2.24, 2.45) is 0 Å². The summed E-state index contributed by atoms with van der Waals surface area (Å²) in [5, 5.41) is 5.76. The van der Waals surface area contributed by atoms with Crippen molar-refractivity contribution in [2.45, 2.75) is 18.3 Å². The average Bonchev–Trinajstić information content (AvgIpc) is 3.59. The lowest BCUT2D eigenvalue weighted by atomic mass is 9.74. The molecule has 0 unspecified atom stereocenters.